The molecule has 1 aromatic rings. The van der Waals surface area contributed by atoms with Gasteiger partial charge in [0.15, 0.2) is 0 Å². The van der Waals surface area contributed by atoms with Crippen molar-refractivity contribution in [1.29, 1.82) is 5.26 Å². The Morgan fingerprint density at radius 2 is 2.38 bits per heavy atom. The molecule has 0 aliphatic carbocycles. The van der Waals surface area contributed by atoms with Crippen molar-refractivity contribution in [3.05, 3.63) is 33.3 Å². The molecule has 86 valence electrons. The summed E-state index contributed by atoms with van der Waals surface area (Å²) < 4.78 is 5.82. The fourth-order valence-electron chi connectivity index (χ4n) is 1.27. The molecule has 1 unspecified atom stereocenters. The van der Waals surface area contributed by atoms with Crippen LogP contribution in [0.15, 0.2) is 22.7 Å². The molecule has 0 heterocycles. The SMILES string of the molecule is COCCNC(C#N)c1cc(Br)ccc1Cl. The normalized spacial score (nSPS) is 12.1. The number of methoxy groups -OCH3 is 1. The monoisotopic (exact) mass is 302 g/mol. The Kier molecular flexibility index (Phi) is 5.78. The van der Waals surface area contributed by atoms with Gasteiger partial charge in [-0.15, -0.1) is 0 Å². The van der Waals surface area contributed by atoms with Gasteiger partial charge in [-0.1, -0.05) is 27.5 Å². The minimum absolute atomic E-state index is 0.417. The minimum atomic E-state index is -0.417. The van der Waals surface area contributed by atoms with Crippen LogP contribution in [-0.2, 0) is 4.74 Å². The smallest absolute Gasteiger partial charge is 0.122 e. The van der Waals surface area contributed by atoms with Crippen LogP contribution in [-0.4, -0.2) is 20.3 Å². The van der Waals surface area contributed by atoms with Crippen molar-refractivity contribution in [3.8, 4) is 6.07 Å². The first kappa shape index (κ1) is 13.5. The van der Waals surface area contributed by atoms with Crippen molar-refractivity contribution in [2.24, 2.45) is 0 Å². The third kappa shape index (κ3) is 3.76. The fraction of sp³-hybridized carbons (Fsp3) is 0.364. The van der Waals surface area contributed by atoms with Gasteiger partial charge in [0.25, 0.3) is 0 Å². The van der Waals surface area contributed by atoms with Gasteiger partial charge < -0.3 is 4.74 Å². The first-order chi connectivity index (χ1) is 7.69. The van der Waals surface area contributed by atoms with Gasteiger partial charge in [0.1, 0.15) is 6.04 Å². The molecule has 0 saturated carbocycles. The average Bonchev–Trinajstić information content (AvgIpc) is 2.28. The van der Waals surface area contributed by atoms with Crippen LogP contribution in [0.1, 0.15) is 11.6 Å². The molecule has 0 radical (unpaired) electrons. The second-order valence-corrected chi connectivity index (χ2v) is 4.50. The maximum Gasteiger partial charge on any atom is 0.122 e. The van der Waals surface area contributed by atoms with Gasteiger partial charge in [-0.2, -0.15) is 5.26 Å². The molecule has 1 N–H and O–H groups in total. The van der Waals surface area contributed by atoms with E-state index in [1.54, 1.807) is 13.2 Å². The van der Waals surface area contributed by atoms with Crippen LogP contribution in [0, 0.1) is 11.3 Å². The second-order valence-electron chi connectivity index (χ2n) is 3.17. The molecular weight excluding hydrogens is 291 g/mol. The van der Waals surface area contributed by atoms with E-state index in [-0.39, 0.29) is 0 Å². The minimum Gasteiger partial charge on any atom is -0.383 e. The lowest BCUT2D eigenvalue weighted by atomic mass is 10.1. The first-order valence-electron chi connectivity index (χ1n) is 4.76. The summed E-state index contributed by atoms with van der Waals surface area (Å²) in [7, 11) is 1.62. The molecule has 5 heteroatoms. The number of rotatable bonds is 5. The predicted molar refractivity (Wildman–Crippen MR) is 67.4 cm³/mol. The van der Waals surface area contributed by atoms with E-state index in [1.165, 1.54) is 0 Å². The van der Waals surface area contributed by atoms with Gasteiger partial charge in [-0.25, -0.2) is 0 Å². The van der Waals surface area contributed by atoms with Crippen LogP contribution in [0.4, 0.5) is 0 Å². The van der Waals surface area contributed by atoms with Gasteiger partial charge in [0.2, 0.25) is 0 Å². The molecule has 0 fully saturated rings. The van der Waals surface area contributed by atoms with Crippen molar-refractivity contribution in [1.82, 2.24) is 5.32 Å². The summed E-state index contributed by atoms with van der Waals surface area (Å²) in [5.41, 5.74) is 0.773. The maximum absolute atomic E-state index is 9.07. The van der Waals surface area contributed by atoms with E-state index in [9.17, 15) is 0 Å². The van der Waals surface area contributed by atoms with Crippen molar-refractivity contribution in [3.63, 3.8) is 0 Å². The van der Waals surface area contributed by atoms with E-state index < -0.39 is 6.04 Å². The zero-order chi connectivity index (χ0) is 12.0. The largest absolute Gasteiger partial charge is 0.383 e. The summed E-state index contributed by atoms with van der Waals surface area (Å²) in [6.45, 7) is 1.17. The lowest BCUT2D eigenvalue weighted by molar-refractivity contribution is 0.198. The summed E-state index contributed by atoms with van der Waals surface area (Å²) in [5.74, 6) is 0. The molecule has 0 amide bonds. The Balaban J connectivity index is 2.79. The van der Waals surface area contributed by atoms with Crippen molar-refractivity contribution in [2.45, 2.75) is 6.04 Å². The Bertz CT molecular complexity index is 392. The van der Waals surface area contributed by atoms with E-state index in [4.69, 9.17) is 21.6 Å². The Hall–Kier alpha value is -0.600. The van der Waals surface area contributed by atoms with Crippen LogP contribution in [0.3, 0.4) is 0 Å². The lowest BCUT2D eigenvalue weighted by Crippen LogP contribution is -2.24. The fourth-order valence-corrected chi connectivity index (χ4v) is 1.87. The van der Waals surface area contributed by atoms with Crippen LogP contribution in [0.5, 0.6) is 0 Å². The molecule has 3 nitrogen and oxygen atoms in total. The Morgan fingerprint density at radius 3 is 3.00 bits per heavy atom. The number of ether oxygens (including phenoxy) is 1. The van der Waals surface area contributed by atoms with Gasteiger partial charge in [-0.3, -0.25) is 5.32 Å². The molecule has 1 rings (SSSR count). The summed E-state index contributed by atoms with van der Waals surface area (Å²) >= 11 is 9.39. The van der Waals surface area contributed by atoms with Crippen LogP contribution < -0.4 is 5.32 Å². The van der Waals surface area contributed by atoms with Crippen LogP contribution >= 0.6 is 27.5 Å². The van der Waals surface area contributed by atoms with Gasteiger partial charge in [-0.05, 0) is 18.2 Å². The Labute approximate surface area is 108 Å². The third-order valence-corrected chi connectivity index (χ3v) is 2.89. The summed E-state index contributed by atoms with van der Waals surface area (Å²) in [4.78, 5) is 0. The van der Waals surface area contributed by atoms with Crippen molar-refractivity contribution >= 4 is 27.5 Å². The first-order valence-corrected chi connectivity index (χ1v) is 5.93. The van der Waals surface area contributed by atoms with Crippen LogP contribution in [0.2, 0.25) is 5.02 Å². The van der Waals surface area contributed by atoms with Gasteiger partial charge in [0, 0.05) is 28.7 Å². The predicted octanol–water partition coefficient (Wildman–Crippen LogP) is 2.90. The molecule has 0 aliphatic heterocycles. The standard InChI is InChI=1S/C11H12BrClN2O/c1-16-5-4-15-11(7-14)9-6-8(12)2-3-10(9)13/h2-3,6,11,15H,4-5H2,1H3. The number of halogens is 2. The number of hydrogen-bond acceptors (Lipinski definition) is 3. The highest BCUT2D eigenvalue weighted by Crippen LogP contribution is 2.26. The molecule has 0 bridgehead atoms. The lowest BCUT2D eigenvalue weighted by Gasteiger charge is -2.13. The summed E-state index contributed by atoms with van der Waals surface area (Å²) in [5, 5.41) is 12.7. The average molecular weight is 304 g/mol. The molecule has 0 aliphatic rings. The summed E-state index contributed by atoms with van der Waals surface area (Å²) in [6.07, 6.45) is 0. The van der Waals surface area contributed by atoms with E-state index in [0.29, 0.717) is 18.2 Å². The van der Waals surface area contributed by atoms with Crippen LogP contribution in [0.25, 0.3) is 0 Å². The molecule has 16 heavy (non-hydrogen) atoms. The van der Waals surface area contributed by atoms with Gasteiger partial charge >= 0.3 is 0 Å². The topological polar surface area (TPSA) is 45.0 Å². The number of nitrogens with zero attached hydrogens (tertiary/aromatic N) is 1. The maximum atomic E-state index is 9.07. The quantitative estimate of drug-likeness (QED) is 0.851. The molecule has 0 spiro atoms. The zero-order valence-corrected chi connectivity index (χ0v) is 11.2. The van der Waals surface area contributed by atoms with E-state index in [2.05, 4.69) is 27.3 Å². The molecule has 0 aromatic heterocycles. The second kappa shape index (κ2) is 6.87. The highest BCUT2D eigenvalue weighted by molar-refractivity contribution is 9.10. The van der Waals surface area contributed by atoms with Gasteiger partial charge in [0.05, 0.1) is 12.7 Å². The molecule has 0 saturated heterocycles. The number of benzene rings is 1. The highest BCUT2D eigenvalue weighted by atomic mass is 79.9. The molecule has 1 aromatic carbocycles. The highest BCUT2D eigenvalue weighted by Gasteiger charge is 2.13. The Morgan fingerprint density at radius 1 is 1.62 bits per heavy atom. The third-order valence-electron chi connectivity index (χ3n) is 2.05. The van der Waals surface area contributed by atoms with Crippen molar-refractivity contribution < 1.29 is 4.74 Å². The number of hydrogen-bond donors (Lipinski definition) is 1. The van der Waals surface area contributed by atoms with E-state index in [1.807, 2.05) is 12.1 Å². The number of nitrogens with one attached hydrogen (secondary N) is 1. The van der Waals surface area contributed by atoms with E-state index in [0.717, 1.165) is 10.0 Å². The zero-order valence-electron chi connectivity index (χ0n) is 8.84. The number of nitriles is 1. The van der Waals surface area contributed by atoms with Crippen molar-refractivity contribution in [2.75, 3.05) is 20.3 Å². The molecular formula is C11H12BrClN2O. The van der Waals surface area contributed by atoms with E-state index >= 15 is 0 Å². The summed E-state index contributed by atoms with van der Waals surface area (Å²) in [6, 6.07) is 7.21. The molecule has 1 atom stereocenters.